The molecule has 0 aromatic carbocycles. The molecule has 2 fully saturated rings. The van der Waals surface area contributed by atoms with E-state index in [1.807, 2.05) is 4.90 Å². The predicted octanol–water partition coefficient (Wildman–Crippen LogP) is 0.755. The molecule has 0 radical (unpaired) electrons. The number of carbonyl (C=O) groups is 1. The molecular formula is C14H26N2O3S. The number of nitrogens with zero attached hydrogens (tertiary/aromatic N) is 2. The Labute approximate surface area is 122 Å². The van der Waals surface area contributed by atoms with Crippen molar-refractivity contribution < 1.29 is 13.2 Å². The van der Waals surface area contributed by atoms with Crippen molar-refractivity contribution in [3.05, 3.63) is 0 Å². The Hall–Kier alpha value is -0.620. The summed E-state index contributed by atoms with van der Waals surface area (Å²) in [6.07, 6.45) is 7.01. The topological polar surface area (TPSA) is 57.7 Å². The van der Waals surface area contributed by atoms with Crippen molar-refractivity contribution in [2.75, 3.05) is 44.7 Å². The zero-order chi connectivity index (χ0) is 14.6. The lowest BCUT2D eigenvalue weighted by molar-refractivity contribution is -0.138. The SMILES string of the molecule is CS(=O)(=O)CCN1CCN(C(=O)C2CCCCC2)CC1. The van der Waals surface area contributed by atoms with E-state index in [1.54, 1.807) is 0 Å². The molecule has 6 heteroatoms. The fraction of sp³-hybridized carbons (Fsp3) is 0.929. The first-order valence-electron chi connectivity index (χ1n) is 7.64. The van der Waals surface area contributed by atoms with Crippen LogP contribution < -0.4 is 0 Å². The summed E-state index contributed by atoms with van der Waals surface area (Å²) < 4.78 is 22.3. The lowest BCUT2D eigenvalue weighted by atomic mass is 9.88. The van der Waals surface area contributed by atoms with Gasteiger partial charge in [-0.1, -0.05) is 19.3 Å². The van der Waals surface area contributed by atoms with Gasteiger partial charge in [0.25, 0.3) is 0 Å². The van der Waals surface area contributed by atoms with Crippen molar-refractivity contribution in [1.29, 1.82) is 0 Å². The fourth-order valence-electron chi connectivity index (χ4n) is 3.09. The molecule has 0 unspecified atom stereocenters. The fourth-order valence-corrected chi connectivity index (χ4v) is 3.68. The maximum absolute atomic E-state index is 12.4. The highest BCUT2D eigenvalue weighted by atomic mass is 32.2. The summed E-state index contributed by atoms with van der Waals surface area (Å²) in [5.74, 6) is 0.780. The number of hydrogen-bond acceptors (Lipinski definition) is 4. The molecule has 2 rings (SSSR count). The average molecular weight is 302 g/mol. The molecule has 0 aromatic heterocycles. The summed E-state index contributed by atoms with van der Waals surface area (Å²) in [6.45, 7) is 3.68. The average Bonchev–Trinajstić information content (AvgIpc) is 2.45. The van der Waals surface area contributed by atoms with Gasteiger partial charge in [0.05, 0.1) is 5.75 Å². The van der Waals surface area contributed by atoms with E-state index in [-0.39, 0.29) is 11.7 Å². The lowest BCUT2D eigenvalue weighted by Gasteiger charge is -2.37. The van der Waals surface area contributed by atoms with E-state index < -0.39 is 9.84 Å². The van der Waals surface area contributed by atoms with Crippen LogP contribution >= 0.6 is 0 Å². The van der Waals surface area contributed by atoms with E-state index in [4.69, 9.17) is 0 Å². The first-order chi connectivity index (χ1) is 9.46. The van der Waals surface area contributed by atoms with Crippen molar-refractivity contribution in [1.82, 2.24) is 9.80 Å². The second-order valence-corrected chi connectivity index (χ2v) is 8.39. The Kier molecular flexibility index (Phi) is 5.43. The molecular weight excluding hydrogens is 276 g/mol. The van der Waals surface area contributed by atoms with Crippen molar-refractivity contribution in [2.45, 2.75) is 32.1 Å². The van der Waals surface area contributed by atoms with Crippen LogP contribution in [0.2, 0.25) is 0 Å². The highest BCUT2D eigenvalue weighted by Crippen LogP contribution is 2.25. The molecule has 1 saturated heterocycles. The summed E-state index contributed by atoms with van der Waals surface area (Å²) in [5.41, 5.74) is 0. The van der Waals surface area contributed by atoms with Crippen LogP contribution in [0.5, 0.6) is 0 Å². The minimum atomic E-state index is -2.89. The van der Waals surface area contributed by atoms with Gasteiger partial charge in [0.2, 0.25) is 5.91 Å². The van der Waals surface area contributed by atoms with E-state index in [0.29, 0.717) is 12.5 Å². The summed E-state index contributed by atoms with van der Waals surface area (Å²) in [5, 5.41) is 0. The smallest absolute Gasteiger partial charge is 0.225 e. The monoisotopic (exact) mass is 302 g/mol. The summed E-state index contributed by atoms with van der Waals surface area (Å²) in [6, 6.07) is 0. The molecule has 0 atom stereocenters. The first-order valence-corrected chi connectivity index (χ1v) is 9.70. The highest BCUT2D eigenvalue weighted by molar-refractivity contribution is 7.90. The van der Waals surface area contributed by atoms with Crippen LogP contribution in [0.3, 0.4) is 0 Å². The van der Waals surface area contributed by atoms with Gasteiger partial charge in [0, 0.05) is 44.9 Å². The van der Waals surface area contributed by atoms with E-state index in [1.165, 1.54) is 25.5 Å². The van der Waals surface area contributed by atoms with E-state index in [2.05, 4.69) is 4.90 Å². The number of piperazine rings is 1. The van der Waals surface area contributed by atoms with Crippen LogP contribution in [0.4, 0.5) is 0 Å². The third kappa shape index (κ3) is 4.74. The Morgan fingerprint density at radius 1 is 1.05 bits per heavy atom. The molecule has 1 aliphatic carbocycles. The number of rotatable bonds is 4. The van der Waals surface area contributed by atoms with Crippen molar-refractivity contribution in [2.24, 2.45) is 5.92 Å². The van der Waals surface area contributed by atoms with Gasteiger partial charge in [-0.2, -0.15) is 0 Å². The molecule has 20 heavy (non-hydrogen) atoms. The summed E-state index contributed by atoms with van der Waals surface area (Å²) in [7, 11) is -2.89. The molecule has 0 aromatic rings. The van der Waals surface area contributed by atoms with Crippen LogP contribution in [0.25, 0.3) is 0 Å². The molecule has 0 bridgehead atoms. The van der Waals surface area contributed by atoms with E-state index >= 15 is 0 Å². The summed E-state index contributed by atoms with van der Waals surface area (Å²) >= 11 is 0. The van der Waals surface area contributed by atoms with E-state index in [0.717, 1.165) is 39.0 Å². The quantitative estimate of drug-likeness (QED) is 0.769. The zero-order valence-corrected chi connectivity index (χ0v) is 13.2. The molecule has 5 nitrogen and oxygen atoms in total. The maximum Gasteiger partial charge on any atom is 0.225 e. The lowest BCUT2D eigenvalue weighted by Crippen LogP contribution is -2.51. The number of sulfone groups is 1. The number of carbonyl (C=O) groups excluding carboxylic acids is 1. The van der Waals surface area contributed by atoms with Crippen molar-refractivity contribution in [3.8, 4) is 0 Å². The van der Waals surface area contributed by atoms with Crippen molar-refractivity contribution >= 4 is 15.7 Å². The zero-order valence-electron chi connectivity index (χ0n) is 12.4. The Morgan fingerprint density at radius 3 is 2.20 bits per heavy atom. The van der Waals surface area contributed by atoms with Gasteiger partial charge in [0.1, 0.15) is 9.84 Å². The molecule has 116 valence electrons. The van der Waals surface area contributed by atoms with Gasteiger partial charge in [-0.3, -0.25) is 9.69 Å². The number of amides is 1. The standard InChI is InChI=1S/C14H26N2O3S/c1-20(18,19)12-11-15-7-9-16(10-8-15)14(17)13-5-3-2-4-6-13/h13H,2-12H2,1H3. The molecule has 1 heterocycles. The highest BCUT2D eigenvalue weighted by Gasteiger charge is 2.28. The minimum absolute atomic E-state index is 0.212. The van der Waals surface area contributed by atoms with Crippen LogP contribution in [-0.4, -0.2) is 68.9 Å². The molecule has 1 aliphatic heterocycles. The van der Waals surface area contributed by atoms with Crippen molar-refractivity contribution in [3.63, 3.8) is 0 Å². The van der Waals surface area contributed by atoms with Gasteiger partial charge < -0.3 is 4.90 Å². The molecule has 2 aliphatic rings. The largest absolute Gasteiger partial charge is 0.340 e. The maximum atomic E-state index is 12.4. The Balaban J connectivity index is 1.74. The van der Waals surface area contributed by atoms with Crippen LogP contribution in [0.1, 0.15) is 32.1 Å². The second-order valence-electron chi connectivity index (χ2n) is 6.13. The molecule has 1 saturated carbocycles. The normalized spacial score (nSPS) is 22.9. The van der Waals surface area contributed by atoms with Gasteiger partial charge in [-0.05, 0) is 12.8 Å². The van der Waals surface area contributed by atoms with Gasteiger partial charge in [0.15, 0.2) is 0 Å². The third-order valence-electron chi connectivity index (χ3n) is 4.42. The third-order valence-corrected chi connectivity index (χ3v) is 5.34. The van der Waals surface area contributed by atoms with E-state index in [9.17, 15) is 13.2 Å². The molecule has 0 N–H and O–H groups in total. The Bertz CT molecular complexity index is 422. The van der Waals surface area contributed by atoms with Crippen LogP contribution in [0, 0.1) is 5.92 Å². The Morgan fingerprint density at radius 2 is 1.65 bits per heavy atom. The molecule has 1 amide bonds. The molecule has 0 spiro atoms. The first kappa shape index (κ1) is 15.8. The van der Waals surface area contributed by atoms with Gasteiger partial charge in [-0.25, -0.2) is 8.42 Å². The summed E-state index contributed by atoms with van der Waals surface area (Å²) in [4.78, 5) is 16.5. The predicted molar refractivity (Wildman–Crippen MR) is 79.3 cm³/mol. The van der Waals surface area contributed by atoms with Crippen LogP contribution in [0.15, 0.2) is 0 Å². The second kappa shape index (κ2) is 6.89. The van der Waals surface area contributed by atoms with Gasteiger partial charge >= 0.3 is 0 Å². The number of hydrogen-bond donors (Lipinski definition) is 0. The minimum Gasteiger partial charge on any atom is -0.340 e. The van der Waals surface area contributed by atoms with Crippen LogP contribution in [-0.2, 0) is 14.6 Å². The van der Waals surface area contributed by atoms with Gasteiger partial charge in [-0.15, -0.1) is 0 Å².